The van der Waals surface area contributed by atoms with E-state index in [-0.39, 0.29) is 18.4 Å². The first-order valence-electron chi connectivity index (χ1n) is 9.56. The van der Waals surface area contributed by atoms with Crippen molar-refractivity contribution in [3.63, 3.8) is 0 Å². The minimum Gasteiger partial charge on any atom is -0.457 e. The average molecular weight is 366 g/mol. The minimum absolute atomic E-state index is 0.0632. The standard InChI is InChI=1S/C22H26N2O3/c1-3-13-23-20(25)15-24(14-4-2)22(26)21-16-9-5-7-11-18(16)27-19-12-8-6-10-17(19)21/h5-12,21H,3-4,13-15H2,1-2H3,(H,23,25). The predicted octanol–water partition coefficient (Wildman–Crippen LogP) is 3.69. The fourth-order valence-corrected chi connectivity index (χ4v) is 3.39. The van der Waals surface area contributed by atoms with Gasteiger partial charge in [0.15, 0.2) is 0 Å². The molecule has 1 heterocycles. The number of carbonyl (C=O) groups excluding carboxylic acids is 2. The highest BCUT2D eigenvalue weighted by Gasteiger charge is 2.35. The normalized spacial score (nSPS) is 12.5. The predicted molar refractivity (Wildman–Crippen MR) is 105 cm³/mol. The van der Waals surface area contributed by atoms with E-state index >= 15 is 0 Å². The van der Waals surface area contributed by atoms with E-state index in [1.165, 1.54) is 0 Å². The summed E-state index contributed by atoms with van der Waals surface area (Å²) in [4.78, 5) is 27.4. The van der Waals surface area contributed by atoms with Crippen molar-refractivity contribution < 1.29 is 14.3 Å². The Morgan fingerprint density at radius 1 is 0.963 bits per heavy atom. The fourth-order valence-electron chi connectivity index (χ4n) is 3.39. The molecule has 3 rings (SSSR count). The smallest absolute Gasteiger partial charge is 0.239 e. The largest absolute Gasteiger partial charge is 0.457 e. The molecule has 0 saturated heterocycles. The van der Waals surface area contributed by atoms with Crippen LogP contribution in [0.1, 0.15) is 43.7 Å². The van der Waals surface area contributed by atoms with Crippen LogP contribution in [0.3, 0.4) is 0 Å². The third kappa shape index (κ3) is 4.13. The zero-order chi connectivity index (χ0) is 19.2. The number of para-hydroxylation sites is 2. The summed E-state index contributed by atoms with van der Waals surface area (Å²) in [6, 6.07) is 15.2. The third-order valence-electron chi connectivity index (χ3n) is 4.64. The molecule has 142 valence electrons. The number of amides is 2. The van der Waals surface area contributed by atoms with Gasteiger partial charge in [-0.25, -0.2) is 0 Å². The Labute approximate surface area is 160 Å². The number of benzene rings is 2. The van der Waals surface area contributed by atoms with Crippen LogP contribution in [0, 0.1) is 0 Å². The van der Waals surface area contributed by atoms with E-state index in [4.69, 9.17) is 4.74 Å². The highest BCUT2D eigenvalue weighted by atomic mass is 16.5. The highest BCUT2D eigenvalue weighted by molar-refractivity contribution is 5.92. The SMILES string of the molecule is CCCNC(=O)CN(CCC)C(=O)C1c2ccccc2Oc2ccccc21. The molecule has 0 saturated carbocycles. The molecular formula is C22H26N2O3. The van der Waals surface area contributed by atoms with Gasteiger partial charge < -0.3 is 15.0 Å². The molecule has 0 aromatic heterocycles. The number of nitrogens with one attached hydrogen (secondary N) is 1. The lowest BCUT2D eigenvalue weighted by Crippen LogP contribution is -2.43. The summed E-state index contributed by atoms with van der Waals surface area (Å²) < 4.78 is 5.98. The molecule has 0 bridgehead atoms. The Morgan fingerprint density at radius 3 is 2.11 bits per heavy atom. The third-order valence-corrected chi connectivity index (χ3v) is 4.64. The average Bonchev–Trinajstić information content (AvgIpc) is 2.69. The summed E-state index contributed by atoms with van der Waals surface area (Å²) in [7, 11) is 0. The van der Waals surface area contributed by atoms with Crippen molar-refractivity contribution in [2.45, 2.75) is 32.6 Å². The molecule has 0 fully saturated rings. The Bertz CT molecular complexity index is 773. The molecule has 1 aliphatic heterocycles. The molecule has 2 aromatic carbocycles. The van der Waals surface area contributed by atoms with Gasteiger partial charge in [-0.15, -0.1) is 0 Å². The van der Waals surface area contributed by atoms with Gasteiger partial charge in [0.1, 0.15) is 11.5 Å². The van der Waals surface area contributed by atoms with E-state index in [1.54, 1.807) is 4.90 Å². The number of nitrogens with zero attached hydrogens (tertiary/aromatic N) is 1. The van der Waals surface area contributed by atoms with Gasteiger partial charge in [0.25, 0.3) is 0 Å². The van der Waals surface area contributed by atoms with Crippen molar-refractivity contribution in [3.8, 4) is 11.5 Å². The lowest BCUT2D eigenvalue weighted by molar-refractivity contribution is -0.136. The van der Waals surface area contributed by atoms with Crippen LogP contribution in [-0.4, -0.2) is 36.3 Å². The zero-order valence-electron chi connectivity index (χ0n) is 15.9. The lowest BCUT2D eigenvalue weighted by atomic mass is 9.86. The van der Waals surface area contributed by atoms with Crippen LogP contribution in [0.4, 0.5) is 0 Å². The number of hydrogen-bond acceptors (Lipinski definition) is 3. The molecule has 2 aromatic rings. The summed E-state index contributed by atoms with van der Waals surface area (Å²) in [5.74, 6) is 0.749. The number of fused-ring (bicyclic) bond motifs is 2. The Kier molecular flexibility index (Phi) is 6.12. The summed E-state index contributed by atoms with van der Waals surface area (Å²) in [5.41, 5.74) is 1.69. The highest BCUT2D eigenvalue weighted by Crippen LogP contribution is 2.44. The van der Waals surface area contributed by atoms with E-state index in [0.29, 0.717) is 24.6 Å². The van der Waals surface area contributed by atoms with Gasteiger partial charge in [-0.1, -0.05) is 50.2 Å². The van der Waals surface area contributed by atoms with Crippen molar-refractivity contribution >= 4 is 11.8 Å². The van der Waals surface area contributed by atoms with Gasteiger partial charge in [-0.2, -0.15) is 0 Å². The van der Waals surface area contributed by atoms with E-state index in [1.807, 2.05) is 62.4 Å². The van der Waals surface area contributed by atoms with Crippen molar-refractivity contribution in [1.29, 1.82) is 0 Å². The summed E-state index contributed by atoms with van der Waals surface area (Å²) in [5, 5.41) is 2.86. The minimum atomic E-state index is -0.461. The van der Waals surface area contributed by atoms with E-state index in [0.717, 1.165) is 24.0 Å². The Hall–Kier alpha value is -2.82. The molecule has 0 aliphatic carbocycles. The second kappa shape index (κ2) is 8.71. The quantitative estimate of drug-likeness (QED) is 0.813. The topological polar surface area (TPSA) is 58.6 Å². The zero-order valence-corrected chi connectivity index (χ0v) is 15.9. The van der Waals surface area contributed by atoms with Crippen molar-refractivity contribution in [3.05, 3.63) is 59.7 Å². The summed E-state index contributed by atoms with van der Waals surface area (Å²) >= 11 is 0. The molecule has 0 radical (unpaired) electrons. The maximum absolute atomic E-state index is 13.5. The van der Waals surface area contributed by atoms with Gasteiger partial charge >= 0.3 is 0 Å². The van der Waals surface area contributed by atoms with E-state index < -0.39 is 5.92 Å². The Morgan fingerprint density at radius 2 is 1.56 bits per heavy atom. The first kappa shape index (κ1) is 19.0. The van der Waals surface area contributed by atoms with Crippen LogP contribution in [0.25, 0.3) is 0 Å². The van der Waals surface area contributed by atoms with Crippen molar-refractivity contribution in [2.75, 3.05) is 19.6 Å². The van der Waals surface area contributed by atoms with Gasteiger partial charge in [-0.05, 0) is 25.0 Å². The number of ether oxygens (including phenoxy) is 1. The number of carbonyl (C=O) groups is 2. The van der Waals surface area contributed by atoms with E-state index in [9.17, 15) is 9.59 Å². The second-order valence-electron chi connectivity index (χ2n) is 6.72. The van der Waals surface area contributed by atoms with E-state index in [2.05, 4.69) is 5.32 Å². The van der Waals surface area contributed by atoms with Crippen LogP contribution in [0.2, 0.25) is 0 Å². The van der Waals surface area contributed by atoms with Crippen LogP contribution >= 0.6 is 0 Å². The molecule has 1 N–H and O–H groups in total. The molecule has 5 nitrogen and oxygen atoms in total. The molecule has 0 spiro atoms. The maximum atomic E-state index is 13.5. The van der Waals surface area contributed by atoms with Gasteiger partial charge in [-0.3, -0.25) is 9.59 Å². The second-order valence-corrected chi connectivity index (χ2v) is 6.72. The van der Waals surface area contributed by atoms with Gasteiger partial charge in [0, 0.05) is 24.2 Å². The van der Waals surface area contributed by atoms with Crippen LogP contribution in [0.5, 0.6) is 11.5 Å². The van der Waals surface area contributed by atoms with Crippen LogP contribution in [0.15, 0.2) is 48.5 Å². The molecule has 27 heavy (non-hydrogen) atoms. The molecule has 0 atom stereocenters. The summed E-state index contributed by atoms with van der Waals surface area (Å²) in [6.45, 7) is 5.26. The van der Waals surface area contributed by atoms with Gasteiger partial charge in [0.2, 0.25) is 11.8 Å². The van der Waals surface area contributed by atoms with Crippen molar-refractivity contribution in [1.82, 2.24) is 10.2 Å². The molecule has 1 aliphatic rings. The fraction of sp³-hybridized carbons (Fsp3) is 0.364. The number of hydrogen-bond donors (Lipinski definition) is 1. The number of rotatable bonds is 7. The molecule has 5 heteroatoms. The van der Waals surface area contributed by atoms with Crippen molar-refractivity contribution in [2.24, 2.45) is 0 Å². The summed E-state index contributed by atoms with van der Waals surface area (Å²) in [6.07, 6.45) is 1.66. The first-order valence-corrected chi connectivity index (χ1v) is 9.56. The monoisotopic (exact) mass is 366 g/mol. The van der Waals surface area contributed by atoms with Crippen LogP contribution in [-0.2, 0) is 9.59 Å². The molecule has 2 amide bonds. The molecule has 0 unspecified atom stereocenters. The lowest BCUT2D eigenvalue weighted by Gasteiger charge is -2.31. The molecular weight excluding hydrogens is 340 g/mol. The Balaban J connectivity index is 1.93. The first-order chi connectivity index (χ1) is 13.2. The van der Waals surface area contributed by atoms with Crippen LogP contribution < -0.4 is 10.1 Å². The van der Waals surface area contributed by atoms with Gasteiger partial charge in [0.05, 0.1) is 12.5 Å². The maximum Gasteiger partial charge on any atom is 0.239 e.